The first-order valence-electron chi connectivity index (χ1n) is 6.52. The molecule has 0 saturated heterocycles. The van der Waals surface area contributed by atoms with Crippen LogP contribution in [-0.4, -0.2) is 38.5 Å². The largest absolute Gasteiger partial charge is 0.382 e. The van der Waals surface area contributed by atoms with Gasteiger partial charge in [0.25, 0.3) is 0 Å². The summed E-state index contributed by atoms with van der Waals surface area (Å²) in [6, 6.07) is 10.2. The van der Waals surface area contributed by atoms with Crippen LogP contribution in [0.15, 0.2) is 36.5 Å². The summed E-state index contributed by atoms with van der Waals surface area (Å²) in [6.07, 6.45) is 1.86. The highest BCUT2D eigenvalue weighted by atomic mass is 16.5. The van der Waals surface area contributed by atoms with Crippen molar-refractivity contribution >= 4 is 10.9 Å². The van der Waals surface area contributed by atoms with E-state index in [1.54, 1.807) is 7.11 Å². The number of fused-ring (bicyclic) bond motifs is 1. The average molecular weight is 260 g/mol. The quantitative estimate of drug-likeness (QED) is 0.737. The molecule has 1 aromatic heterocycles. The van der Waals surface area contributed by atoms with Gasteiger partial charge < -0.3 is 14.8 Å². The molecule has 0 unspecified atom stereocenters. The molecule has 1 aromatic carbocycles. The maximum Gasteiger partial charge on any atom is 0.0705 e. The van der Waals surface area contributed by atoms with Crippen LogP contribution in [0, 0.1) is 0 Å². The third-order valence-electron chi connectivity index (χ3n) is 2.91. The number of para-hydroxylation sites is 1. The van der Waals surface area contributed by atoms with Gasteiger partial charge in [-0.15, -0.1) is 0 Å². The van der Waals surface area contributed by atoms with Crippen molar-refractivity contribution in [3.05, 3.63) is 42.1 Å². The van der Waals surface area contributed by atoms with Gasteiger partial charge in [0, 0.05) is 31.8 Å². The summed E-state index contributed by atoms with van der Waals surface area (Å²) in [6.45, 7) is 3.66. The van der Waals surface area contributed by atoms with Gasteiger partial charge in [0.1, 0.15) is 0 Å². The van der Waals surface area contributed by atoms with Crippen molar-refractivity contribution < 1.29 is 9.47 Å². The second kappa shape index (κ2) is 7.84. The van der Waals surface area contributed by atoms with Crippen LogP contribution < -0.4 is 5.32 Å². The number of nitrogens with one attached hydrogen (secondary N) is 1. The third-order valence-corrected chi connectivity index (χ3v) is 2.91. The van der Waals surface area contributed by atoms with Crippen LogP contribution in [-0.2, 0) is 16.0 Å². The Labute approximate surface area is 113 Å². The number of benzene rings is 1. The second-order valence-corrected chi connectivity index (χ2v) is 4.27. The highest BCUT2D eigenvalue weighted by molar-refractivity contribution is 5.81. The Morgan fingerprint density at radius 2 is 2.00 bits per heavy atom. The van der Waals surface area contributed by atoms with Crippen molar-refractivity contribution in [2.24, 2.45) is 0 Å². The Morgan fingerprint density at radius 3 is 2.89 bits per heavy atom. The van der Waals surface area contributed by atoms with Gasteiger partial charge in [0.15, 0.2) is 0 Å². The normalized spacial score (nSPS) is 11.0. The van der Waals surface area contributed by atoms with Crippen molar-refractivity contribution in [3.63, 3.8) is 0 Å². The molecular weight excluding hydrogens is 240 g/mol. The summed E-state index contributed by atoms with van der Waals surface area (Å²) in [5.41, 5.74) is 2.31. The highest BCUT2D eigenvalue weighted by Gasteiger charge is 2.00. The highest BCUT2D eigenvalue weighted by Crippen LogP contribution is 2.15. The summed E-state index contributed by atoms with van der Waals surface area (Å²) in [7, 11) is 1.68. The third kappa shape index (κ3) is 4.28. The fourth-order valence-corrected chi connectivity index (χ4v) is 1.92. The lowest BCUT2D eigenvalue weighted by Crippen LogP contribution is -2.20. The zero-order valence-corrected chi connectivity index (χ0v) is 11.3. The Hall–Kier alpha value is -1.49. The van der Waals surface area contributed by atoms with Crippen molar-refractivity contribution in [1.29, 1.82) is 0 Å². The molecule has 1 heterocycles. The van der Waals surface area contributed by atoms with Crippen LogP contribution in [0.1, 0.15) is 5.56 Å². The van der Waals surface area contributed by atoms with Gasteiger partial charge in [0.2, 0.25) is 0 Å². The van der Waals surface area contributed by atoms with E-state index < -0.39 is 0 Å². The zero-order chi connectivity index (χ0) is 13.3. The van der Waals surface area contributed by atoms with Crippen molar-refractivity contribution in [1.82, 2.24) is 10.3 Å². The maximum atomic E-state index is 5.40. The monoisotopic (exact) mass is 260 g/mol. The van der Waals surface area contributed by atoms with E-state index in [0.29, 0.717) is 19.8 Å². The van der Waals surface area contributed by atoms with E-state index in [1.807, 2.05) is 24.4 Å². The zero-order valence-electron chi connectivity index (χ0n) is 11.3. The number of ether oxygens (including phenoxy) is 2. The molecular formula is C15H20N2O2. The lowest BCUT2D eigenvalue weighted by atomic mass is 10.1. The van der Waals surface area contributed by atoms with Crippen LogP contribution in [0.4, 0.5) is 0 Å². The van der Waals surface area contributed by atoms with Crippen molar-refractivity contribution in [2.75, 3.05) is 33.5 Å². The Balaban J connectivity index is 1.78. The fraction of sp³-hybridized carbons (Fsp3) is 0.400. The molecule has 4 heteroatoms. The van der Waals surface area contributed by atoms with E-state index in [1.165, 1.54) is 10.9 Å². The molecule has 0 fully saturated rings. The van der Waals surface area contributed by atoms with E-state index >= 15 is 0 Å². The molecule has 0 amide bonds. The number of hydrogen-bond acceptors (Lipinski definition) is 4. The Morgan fingerprint density at radius 1 is 1.11 bits per heavy atom. The number of hydrogen-bond donors (Lipinski definition) is 1. The molecule has 0 aliphatic rings. The molecule has 0 atom stereocenters. The first-order chi connectivity index (χ1) is 9.42. The van der Waals surface area contributed by atoms with Gasteiger partial charge in [-0.25, -0.2) is 0 Å². The molecule has 2 rings (SSSR count). The minimum atomic E-state index is 0.648. The van der Waals surface area contributed by atoms with Gasteiger partial charge >= 0.3 is 0 Å². The molecule has 4 nitrogen and oxygen atoms in total. The summed E-state index contributed by atoms with van der Waals surface area (Å²) >= 11 is 0. The predicted molar refractivity (Wildman–Crippen MR) is 76.1 cm³/mol. The maximum absolute atomic E-state index is 5.40. The van der Waals surface area contributed by atoms with E-state index in [-0.39, 0.29) is 0 Å². The van der Waals surface area contributed by atoms with Crippen LogP contribution in [0.3, 0.4) is 0 Å². The minimum absolute atomic E-state index is 0.648. The lowest BCUT2D eigenvalue weighted by Gasteiger charge is -2.08. The summed E-state index contributed by atoms with van der Waals surface area (Å²) in [5.74, 6) is 0. The van der Waals surface area contributed by atoms with Gasteiger partial charge in [0.05, 0.1) is 25.3 Å². The second-order valence-electron chi connectivity index (χ2n) is 4.27. The average Bonchev–Trinajstić information content (AvgIpc) is 2.46. The van der Waals surface area contributed by atoms with Gasteiger partial charge in [-0.3, -0.25) is 4.98 Å². The van der Waals surface area contributed by atoms with Crippen LogP contribution >= 0.6 is 0 Å². The topological polar surface area (TPSA) is 43.4 Å². The Bertz CT molecular complexity index is 497. The molecule has 0 aliphatic heterocycles. The number of nitrogens with zero attached hydrogens (tertiary/aromatic N) is 1. The Kier molecular flexibility index (Phi) is 5.75. The molecule has 0 radical (unpaired) electrons. The molecule has 102 valence electrons. The molecule has 0 spiro atoms. The van der Waals surface area contributed by atoms with Crippen LogP contribution in [0.5, 0.6) is 0 Å². The van der Waals surface area contributed by atoms with Gasteiger partial charge in [-0.1, -0.05) is 18.2 Å². The molecule has 0 saturated carbocycles. The lowest BCUT2D eigenvalue weighted by molar-refractivity contribution is 0.0719. The van der Waals surface area contributed by atoms with E-state index in [2.05, 4.69) is 22.4 Å². The number of pyridine rings is 1. The molecule has 2 aromatic rings. The summed E-state index contributed by atoms with van der Waals surface area (Å²) < 4.78 is 10.3. The number of rotatable bonds is 8. The molecule has 1 N–H and O–H groups in total. The van der Waals surface area contributed by atoms with Crippen LogP contribution in [0.2, 0.25) is 0 Å². The van der Waals surface area contributed by atoms with Crippen molar-refractivity contribution in [3.8, 4) is 0 Å². The number of aromatic nitrogens is 1. The first kappa shape index (κ1) is 13.9. The van der Waals surface area contributed by atoms with E-state index in [0.717, 1.165) is 18.6 Å². The smallest absolute Gasteiger partial charge is 0.0705 e. The van der Waals surface area contributed by atoms with E-state index in [9.17, 15) is 0 Å². The predicted octanol–water partition coefficient (Wildman–Crippen LogP) is 1.99. The van der Waals surface area contributed by atoms with Gasteiger partial charge in [-0.2, -0.15) is 0 Å². The first-order valence-corrected chi connectivity index (χ1v) is 6.52. The van der Waals surface area contributed by atoms with Crippen LogP contribution in [0.25, 0.3) is 10.9 Å². The summed E-state index contributed by atoms with van der Waals surface area (Å²) in [4.78, 5) is 4.35. The number of methoxy groups -OCH3 is 1. The fourth-order valence-electron chi connectivity index (χ4n) is 1.92. The summed E-state index contributed by atoms with van der Waals surface area (Å²) in [5, 5.41) is 4.58. The SMILES string of the molecule is COCCOCCNCc1ccnc2ccccc12. The standard InChI is InChI=1S/C15H20N2O2/c1-18-10-11-19-9-8-16-12-13-6-7-17-15-5-3-2-4-14(13)15/h2-7,16H,8-12H2,1H3. The van der Waals surface area contributed by atoms with E-state index in [4.69, 9.17) is 9.47 Å². The van der Waals surface area contributed by atoms with Gasteiger partial charge in [-0.05, 0) is 17.7 Å². The molecule has 0 bridgehead atoms. The van der Waals surface area contributed by atoms with Crippen molar-refractivity contribution in [2.45, 2.75) is 6.54 Å². The molecule has 19 heavy (non-hydrogen) atoms. The minimum Gasteiger partial charge on any atom is -0.382 e. The molecule has 0 aliphatic carbocycles.